The topological polar surface area (TPSA) is 37.3 Å². The fourth-order valence-electron chi connectivity index (χ4n) is 1.87. The van der Waals surface area contributed by atoms with Gasteiger partial charge in [0.25, 0.3) is 0 Å². The maximum atomic E-state index is 11.3. The number of benzene rings is 1. The Labute approximate surface area is 93.2 Å². The highest BCUT2D eigenvalue weighted by molar-refractivity contribution is 6.30. The second-order valence-electron chi connectivity index (χ2n) is 3.76. The third-order valence-corrected chi connectivity index (χ3v) is 2.79. The smallest absolute Gasteiger partial charge is 0.159 e. The van der Waals surface area contributed by atoms with Gasteiger partial charge in [-0.15, -0.1) is 0 Å². The van der Waals surface area contributed by atoms with E-state index in [-0.39, 0.29) is 17.5 Å². The Morgan fingerprint density at radius 2 is 2.13 bits per heavy atom. The van der Waals surface area contributed by atoms with E-state index < -0.39 is 0 Å². The highest BCUT2D eigenvalue weighted by Crippen LogP contribution is 2.31. The summed E-state index contributed by atoms with van der Waals surface area (Å²) in [5.74, 6) is 0.196. The summed E-state index contributed by atoms with van der Waals surface area (Å²) in [6.45, 7) is 0. The molecular formula is C12H11ClO2. The van der Waals surface area contributed by atoms with Gasteiger partial charge < -0.3 is 5.11 Å². The van der Waals surface area contributed by atoms with Crippen LogP contribution in [0.5, 0.6) is 0 Å². The molecule has 0 amide bonds. The van der Waals surface area contributed by atoms with Gasteiger partial charge >= 0.3 is 0 Å². The molecule has 0 unspecified atom stereocenters. The molecule has 78 valence electrons. The van der Waals surface area contributed by atoms with Crippen molar-refractivity contribution < 1.29 is 9.90 Å². The Hall–Kier alpha value is -1.28. The number of carbonyl (C=O) groups is 1. The van der Waals surface area contributed by atoms with E-state index in [0.717, 1.165) is 5.56 Å². The van der Waals surface area contributed by atoms with Crippen LogP contribution in [0.15, 0.2) is 36.1 Å². The predicted molar refractivity (Wildman–Crippen MR) is 59.1 cm³/mol. The average Bonchev–Trinajstić information content (AvgIpc) is 2.16. The molecule has 15 heavy (non-hydrogen) atoms. The summed E-state index contributed by atoms with van der Waals surface area (Å²) < 4.78 is 0. The molecule has 0 radical (unpaired) electrons. The van der Waals surface area contributed by atoms with Crippen LogP contribution in [0.2, 0.25) is 5.02 Å². The quantitative estimate of drug-likeness (QED) is 0.792. The number of hydrogen-bond donors (Lipinski definition) is 1. The Balaban J connectivity index is 2.26. The van der Waals surface area contributed by atoms with E-state index in [9.17, 15) is 9.90 Å². The van der Waals surface area contributed by atoms with E-state index >= 15 is 0 Å². The molecule has 0 fully saturated rings. The van der Waals surface area contributed by atoms with E-state index in [1.807, 2.05) is 18.2 Å². The van der Waals surface area contributed by atoms with Gasteiger partial charge in [-0.05, 0) is 23.6 Å². The molecule has 1 aliphatic rings. The third kappa shape index (κ3) is 2.39. The monoisotopic (exact) mass is 222 g/mol. The van der Waals surface area contributed by atoms with Crippen molar-refractivity contribution in [3.8, 4) is 0 Å². The van der Waals surface area contributed by atoms with Gasteiger partial charge in [0.15, 0.2) is 5.78 Å². The van der Waals surface area contributed by atoms with Gasteiger partial charge in [0.05, 0.1) is 5.76 Å². The lowest BCUT2D eigenvalue weighted by Gasteiger charge is -2.19. The first-order valence-electron chi connectivity index (χ1n) is 4.83. The predicted octanol–water partition coefficient (Wildman–Crippen LogP) is 3.23. The molecule has 1 aromatic rings. The van der Waals surface area contributed by atoms with E-state index in [1.54, 1.807) is 6.07 Å². The van der Waals surface area contributed by atoms with Gasteiger partial charge in [-0.25, -0.2) is 0 Å². The van der Waals surface area contributed by atoms with Gasteiger partial charge in [-0.3, -0.25) is 4.79 Å². The SMILES string of the molecule is O=C1C=C(O)C[C@@H](c2cccc(Cl)c2)C1. The van der Waals surface area contributed by atoms with Crippen LogP contribution in [0.1, 0.15) is 24.3 Å². The van der Waals surface area contributed by atoms with E-state index in [4.69, 9.17) is 11.6 Å². The molecule has 0 saturated heterocycles. The maximum Gasteiger partial charge on any atom is 0.159 e. The molecule has 0 saturated carbocycles. The molecule has 1 N–H and O–H groups in total. The average molecular weight is 223 g/mol. The highest BCUT2D eigenvalue weighted by Gasteiger charge is 2.21. The van der Waals surface area contributed by atoms with Gasteiger partial charge in [0.2, 0.25) is 0 Å². The number of carbonyl (C=O) groups excluding carboxylic acids is 1. The third-order valence-electron chi connectivity index (χ3n) is 2.55. The molecule has 0 spiro atoms. The Morgan fingerprint density at radius 3 is 2.80 bits per heavy atom. The van der Waals surface area contributed by atoms with E-state index in [2.05, 4.69) is 0 Å². The van der Waals surface area contributed by atoms with Crippen molar-refractivity contribution in [2.75, 3.05) is 0 Å². The molecular weight excluding hydrogens is 212 g/mol. The zero-order chi connectivity index (χ0) is 10.8. The summed E-state index contributed by atoms with van der Waals surface area (Å²) >= 11 is 5.87. The fourth-order valence-corrected chi connectivity index (χ4v) is 2.07. The van der Waals surface area contributed by atoms with Crippen molar-refractivity contribution in [1.82, 2.24) is 0 Å². The van der Waals surface area contributed by atoms with Crippen molar-refractivity contribution in [2.24, 2.45) is 0 Å². The van der Waals surface area contributed by atoms with Gasteiger partial charge in [0, 0.05) is 23.9 Å². The molecule has 0 bridgehead atoms. The molecule has 2 rings (SSSR count). The second-order valence-corrected chi connectivity index (χ2v) is 4.20. The number of ketones is 1. The Bertz CT molecular complexity index is 423. The lowest BCUT2D eigenvalue weighted by atomic mass is 9.86. The van der Waals surface area contributed by atoms with Gasteiger partial charge in [-0.1, -0.05) is 23.7 Å². The van der Waals surface area contributed by atoms with Crippen LogP contribution in [0.3, 0.4) is 0 Å². The maximum absolute atomic E-state index is 11.3. The number of allylic oxidation sites excluding steroid dienone is 2. The van der Waals surface area contributed by atoms with Crippen molar-refractivity contribution >= 4 is 17.4 Å². The number of halogens is 1. The first kappa shape index (κ1) is 10.2. The fraction of sp³-hybridized carbons (Fsp3) is 0.250. The minimum atomic E-state index is -0.0243. The second kappa shape index (κ2) is 4.07. The van der Waals surface area contributed by atoms with Crippen LogP contribution in [-0.4, -0.2) is 10.9 Å². The highest BCUT2D eigenvalue weighted by atomic mass is 35.5. The molecule has 3 heteroatoms. The van der Waals surface area contributed by atoms with Crippen LogP contribution >= 0.6 is 11.6 Å². The molecule has 1 aliphatic carbocycles. The van der Waals surface area contributed by atoms with Crippen LogP contribution in [0.4, 0.5) is 0 Å². The number of aliphatic hydroxyl groups is 1. The zero-order valence-electron chi connectivity index (χ0n) is 8.11. The number of rotatable bonds is 1. The Morgan fingerprint density at radius 1 is 1.33 bits per heavy atom. The first-order chi connectivity index (χ1) is 7.15. The summed E-state index contributed by atoms with van der Waals surface area (Å²) in [5.41, 5.74) is 1.01. The summed E-state index contributed by atoms with van der Waals surface area (Å²) in [6, 6.07) is 7.43. The molecule has 1 aromatic carbocycles. The zero-order valence-corrected chi connectivity index (χ0v) is 8.87. The van der Waals surface area contributed by atoms with Crippen LogP contribution < -0.4 is 0 Å². The number of hydrogen-bond acceptors (Lipinski definition) is 2. The van der Waals surface area contributed by atoms with Crippen molar-refractivity contribution in [3.63, 3.8) is 0 Å². The first-order valence-corrected chi connectivity index (χ1v) is 5.21. The van der Waals surface area contributed by atoms with Crippen molar-refractivity contribution in [1.29, 1.82) is 0 Å². The van der Waals surface area contributed by atoms with Crippen LogP contribution in [-0.2, 0) is 4.79 Å². The van der Waals surface area contributed by atoms with Crippen LogP contribution in [0.25, 0.3) is 0 Å². The summed E-state index contributed by atoms with van der Waals surface area (Å²) in [4.78, 5) is 11.3. The number of aliphatic hydroxyl groups excluding tert-OH is 1. The van der Waals surface area contributed by atoms with Crippen molar-refractivity contribution in [2.45, 2.75) is 18.8 Å². The van der Waals surface area contributed by atoms with Crippen LogP contribution in [0, 0.1) is 0 Å². The largest absolute Gasteiger partial charge is 0.512 e. The summed E-state index contributed by atoms with van der Waals surface area (Å²) in [5, 5.41) is 10.0. The lowest BCUT2D eigenvalue weighted by molar-refractivity contribution is -0.115. The van der Waals surface area contributed by atoms with E-state index in [1.165, 1.54) is 6.08 Å². The van der Waals surface area contributed by atoms with Gasteiger partial charge in [-0.2, -0.15) is 0 Å². The minimum absolute atomic E-state index is 0.0243. The Kier molecular flexibility index (Phi) is 2.78. The minimum Gasteiger partial charge on any atom is -0.512 e. The standard InChI is InChI=1S/C12H11ClO2/c13-10-3-1-2-8(4-10)9-5-11(14)7-12(15)6-9/h1-4,7,9,14H,5-6H2/t9-/m1/s1. The molecule has 1 atom stereocenters. The normalized spacial score (nSPS) is 21.3. The molecule has 0 aromatic heterocycles. The molecule has 0 aliphatic heterocycles. The van der Waals surface area contributed by atoms with Crippen molar-refractivity contribution in [3.05, 3.63) is 46.7 Å². The van der Waals surface area contributed by atoms with E-state index in [0.29, 0.717) is 17.9 Å². The molecule has 0 heterocycles. The molecule has 2 nitrogen and oxygen atoms in total. The summed E-state index contributed by atoms with van der Waals surface area (Å²) in [7, 11) is 0. The summed E-state index contributed by atoms with van der Waals surface area (Å²) in [6.07, 6.45) is 2.28. The van der Waals surface area contributed by atoms with Gasteiger partial charge in [0.1, 0.15) is 0 Å². The lowest BCUT2D eigenvalue weighted by Crippen LogP contribution is -2.12.